The van der Waals surface area contributed by atoms with Gasteiger partial charge in [0.15, 0.2) is 0 Å². The van der Waals surface area contributed by atoms with Crippen LogP contribution in [0.15, 0.2) is 72.3 Å². The third kappa shape index (κ3) is 5.26. The van der Waals surface area contributed by atoms with E-state index in [1.807, 2.05) is 94.4 Å². The smallest absolute Gasteiger partial charge is 0.445 e. The normalized spacial score (nSPS) is 17.2. The minimum Gasteiger partial charge on any atom is -0.445 e. The number of carbonyl (C=O) groups is 1. The Hall–Kier alpha value is -3.16. The molecule has 1 aliphatic heterocycles. The lowest BCUT2D eigenvalue weighted by atomic mass is 9.76. The molecule has 2 heterocycles. The van der Waals surface area contributed by atoms with Gasteiger partial charge in [-0.15, -0.1) is 0 Å². The third-order valence-electron chi connectivity index (χ3n) is 6.23. The van der Waals surface area contributed by atoms with E-state index in [1.54, 1.807) is 6.20 Å². The van der Waals surface area contributed by atoms with Crippen molar-refractivity contribution < 1.29 is 18.8 Å². The highest BCUT2D eigenvalue weighted by Gasteiger charge is 2.52. The fraction of sp³-hybridized carbons (Fsp3) is 0.308. The van der Waals surface area contributed by atoms with E-state index in [0.717, 1.165) is 27.5 Å². The largest absolute Gasteiger partial charge is 0.492 e. The zero-order chi connectivity index (χ0) is 23.5. The minimum absolute atomic E-state index is 0.206. The Morgan fingerprint density at radius 2 is 1.67 bits per heavy atom. The molecule has 2 aromatic carbocycles. The van der Waals surface area contributed by atoms with Gasteiger partial charge in [-0.1, -0.05) is 54.6 Å². The summed E-state index contributed by atoms with van der Waals surface area (Å²) in [5.74, 6) is 0. The number of alkyl carbamates (subject to hydrolysis) is 1. The fourth-order valence-electron chi connectivity index (χ4n) is 3.59. The topological polar surface area (TPSA) is 69.7 Å². The first-order valence-electron chi connectivity index (χ1n) is 11.1. The second kappa shape index (κ2) is 9.37. The molecule has 0 spiro atoms. The van der Waals surface area contributed by atoms with Gasteiger partial charge >= 0.3 is 13.2 Å². The average Bonchev–Trinajstić information content (AvgIpc) is 3.02. The SMILES string of the molecule is CC1(C)OB(C(=Cc2ccnc3ccccc23)CNC(=O)OCc2ccccc2)OC1(C)C. The summed E-state index contributed by atoms with van der Waals surface area (Å²) in [7, 11) is -0.601. The van der Waals surface area contributed by atoms with E-state index in [9.17, 15) is 4.79 Å². The molecule has 4 rings (SSSR count). The summed E-state index contributed by atoms with van der Waals surface area (Å²) in [6, 6.07) is 19.5. The predicted molar refractivity (Wildman–Crippen MR) is 130 cm³/mol. The van der Waals surface area contributed by atoms with E-state index in [0.29, 0.717) is 0 Å². The lowest BCUT2D eigenvalue weighted by molar-refractivity contribution is 0.00578. The van der Waals surface area contributed by atoms with E-state index in [2.05, 4.69) is 10.3 Å². The van der Waals surface area contributed by atoms with Crippen molar-refractivity contribution in [1.29, 1.82) is 0 Å². The van der Waals surface area contributed by atoms with Crippen LogP contribution in [0, 0.1) is 0 Å². The highest BCUT2D eigenvalue weighted by Crippen LogP contribution is 2.39. The molecular weight excluding hydrogens is 415 g/mol. The van der Waals surface area contributed by atoms with Gasteiger partial charge in [-0.3, -0.25) is 4.98 Å². The molecular formula is C26H29BN2O4. The maximum Gasteiger partial charge on any atom is 0.492 e. The molecule has 0 unspecified atom stereocenters. The van der Waals surface area contributed by atoms with Gasteiger partial charge in [0.25, 0.3) is 0 Å². The first-order valence-corrected chi connectivity index (χ1v) is 11.1. The van der Waals surface area contributed by atoms with E-state index < -0.39 is 24.4 Å². The van der Waals surface area contributed by atoms with E-state index in [4.69, 9.17) is 14.0 Å². The molecule has 0 radical (unpaired) electrons. The van der Waals surface area contributed by atoms with Crippen LogP contribution in [0.2, 0.25) is 0 Å². The predicted octanol–water partition coefficient (Wildman–Crippen LogP) is 5.18. The van der Waals surface area contributed by atoms with Crippen LogP contribution in [0.5, 0.6) is 0 Å². The minimum atomic E-state index is -0.601. The molecule has 1 fully saturated rings. The van der Waals surface area contributed by atoms with Crippen molar-refractivity contribution in [3.05, 3.63) is 83.5 Å². The Labute approximate surface area is 195 Å². The maximum atomic E-state index is 12.4. The Morgan fingerprint density at radius 3 is 2.39 bits per heavy atom. The van der Waals surface area contributed by atoms with Gasteiger partial charge in [0.05, 0.1) is 16.7 Å². The molecule has 0 bridgehead atoms. The van der Waals surface area contributed by atoms with Crippen molar-refractivity contribution in [2.24, 2.45) is 0 Å². The third-order valence-corrected chi connectivity index (χ3v) is 6.23. The molecule has 3 aromatic rings. The molecule has 33 heavy (non-hydrogen) atoms. The Morgan fingerprint density at radius 1 is 1.00 bits per heavy atom. The van der Waals surface area contributed by atoms with E-state index in [-0.39, 0.29) is 13.2 Å². The van der Waals surface area contributed by atoms with Gasteiger partial charge in [0.2, 0.25) is 0 Å². The summed E-state index contributed by atoms with van der Waals surface area (Å²) in [4.78, 5) is 16.8. The molecule has 1 saturated heterocycles. The van der Waals surface area contributed by atoms with Gasteiger partial charge in [-0.2, -0.15) is 0 Å². The summed E-state index contributed by atoms with van der Waals surface area (Å²) in [5.41, 5.74) is 2.61. The highest BCUT2D eigenvalue weighted by atomic mass is 16.7. The molecule has 7 heteroatoms. The zero-order valence-corrected chi connectivity index (χ0v) is 19.5. The number of amides is 1. The molecule has 0 saturated carbocycles. The summed E-state index contributed by atoms with van der Waals surface area (Å²) in [5, 5.41) is 3.86. The van der Waals surface area contributed by atoms with Gasteiger partial charge < -0.3 is 19.4 Å². The van der Waals surface area contributed by atoms with Crippen LogP contribution in [-0.4, -0.2) is 35.9 Å². The molecule has 170 valence electrons. The van der Waals surface area contributed by atoms with Gasteiger partial charge in [0, 0.05) is 18.1 Å². The van der Waals surface area contributed by atoms with E-state index >= 15 is 0 Å². The number of pyridine rings is 1. The second-order valence-corrected chi connectivity index (χ2v) is 9.14. The van der Waals surface area contributed by atoms with Gasteiger partial charge in [0.1, 0.15) is 6.61 Å². The van der Waals surface area contributed by atoms with Crippen molar-refractivity contribution in [3.63, 3.8) is 0 Å². The van der Waals surface area contributed by atoms with Crippen molar-refractivity contribution in [2.75, 3.05) is 6.54 Å². The standard InChI is InChI=1S/C26H29BN2O4/c1-25(2)26(3,4)33-27(32-25)21(16-20-14-15-28-23-13-9-8-12-22(20)23)17-29-24(30)31-18-19-10-6-5-7-11-19/h5-16H,17-18H2,1-4H3,(H,29,30). The summed E-state index contributed by atoms with van der Waals surface area (Å²) in [6.07, 6.45) is 3.28. The fourth-order valence-corrected chi connectivity index (χ4v) is 3.59. The monoisotopic (exact) mass is 444 g/mol. The number of ether oxygens (including phenoxy) is 1. The van der Waals surface area contributed by atoms with Crippen LogP contribution >= 0.6 is 0 Å². The number of aromatic nitrogens is 1. The summed E-state index contributed by atoms with van der Waals surface area (Å²) >= 11 is 0. The number of para-hydroxylation sites is 1. The Balaban J connectivity index is 1.55. The van der Waals surface area contributed by atoms with Crippen LogP contribution in [0.3, 0.4) is 0 Å². The van der Waals surface area contributed by atoms with Crippen molar-refractivity contribution in [2.45, 2.75) is 45.5 Å². The summed E-state index contributed by atoms with van der Waals surface area (Å²) in [6.45, 7) is 8.46. The highest BCUT2D eigenvalue weighted by molar-refractivity contribution is 6.56. The number of carbonyl (C=O) groups excluding carboxylic acids is 1. The van der Waals surface area contributed by atoms with Crippen LogP contribution < -0.4 is 5.32 Å². The number of fused-ring (bicyclic) bond motifs is 1. The first-order chi connectivity index (χ1) is 15.7. The Bertz CT molecular complexity index is 1140. The van der Waals surface area contributed by atoms with Crippen LogP contribution in [0.25, 0.3) is 17.0 Å². The van der Waals surface area contributed by atoms with E-state index in [1.165, 1.54) is 0 Å². The lowest BCUT2D eigenvalue weighted by Crippen LogP contribution is -2.41. The molecule has 1 aromatic heterocycles. The van der Waals surface area contributed by atoms with Crippen molar-refractivity contribution in [1.82, 2.24) is 10.3 Å². The number of rotatable bonds is 6. The summed E-state index contributed by atoms with van der Waals surface area (Å²) < 4.78 is 17.9. The second-order valence-electron chi connectivity index (χ2n) is 9.14. The molecule has 6 nitrogen and oxygen atoms in total. The van der Waals surface area contributed by atoms with Crippen LogP contribution in [0.1, 0.15) is 38.8 Å². The maximum absolute atomic E-state index is 12.4. The number of benzene rings is 2. The van der Waals surface area contributed by atoms with Crippen molar-refractivity contribution >= 4 is 30.2 Å². The number of hydrogen-bond donors (Lipinski definition) is 1. The number of nitrogens with one attached hydrogen (secondary N) is 1. The molecule has 0 atom stereocenters. The van der Waals surface area contributed by atoms with Crippen molar-refractivity contribution in [3.8, 4) is 0 Å². The molecule has 0 aliphatic carbocycles. The average molecular weight is 444 g/mol. The molecule has 1 aliphatic rings. The molecule has 1 amide bonds. The van der Waals surface area contributed by atoms with Crippen LogP contribution in [0.4, 0.5) is 4.79 Å². The quantitative estimate of drug-likeness (QED) is 0.531. The number of hydrogen-bond acceptors (Lipinski definition) is 5. The number of nitrogens with zero attached hydrogens (tertiary/aromatic N) is 1. The van der Waals surface area contributed by atoms with Gasteiger partial charge in [-0.05, 0) is 56.4 Å². The zero-order valence-electron chi connectivity index (χ0n) is 19.5. The van der Waals surface area contributed by atoms with Crippen LogP contribution in [-0.2, 0) is 20.7 Å². The first kappa shape index (κ1) is 23.0. The lowest BCUT2D eigenvalue weighted by Gasteiger charge is -2.32. The van der Waals surface area contributed by atoms with Gasteiger partial charge in [-0.25, -0.2) is 4.79 Å². The Kier molecular flexibility index (Phi) is 6.54. The molecule has 1 N–H and O–H groups in total.